The maximum atomic E-state index is 12.6. The molecule has 4 N–H and O–H groups in total. The van der Waals surface area contributed by atoms with Gasteiger partial charge in [-0.25, -0.2) is 18.4 Å². The molecule has 0 unspecified atom stereocenters. The molecule has 2 heterocycles. The monoisotopic (exact) mass is 454 g/mol. The highest BCUT2D eigenvalue weighted by molar-refractivity contribution is 7.89. The SMILES string of the molecule is Cc1c(-c2cc3cc(C(=O)Nc4ccc(S(N)(=O)=O)cc4)ccc3o2)oc(=O)c(C)c1O. The lowest BCUT2D eigenvalue weighted by molar-refractivity contribution is 0.102. The van der Waals surface area contributed by atoms with Crippen LogP contribution in [0.1, 0.15) is 21.5 Å². The van der Waals surface area contributed by atoms with E-state index in [9.17, 15) is 23.1 Å². The number of fused-ring (bicyclic) bond motifs is 1. The summed E-state index contributed by atoms with van der Waals surface area (Å²) in [6, 6.07) is 11.8. The Bertz CT molecular complexity index is 1530. The molecule has 0 atom stereocenters. The minimum absolute atomic E-state index is 0.0630. The third-order valence-electron chi connectivity index (χ3n) is 4.99. The number of benzene rings is 2. The van der Waals surface area contributed by atoms with E-state index in [2.05, 4.69) is 5.32 Å². The van der Waals surface area contributed by atoms with E-state index in [1.54, 1.807) is 31.2 Å². The van der Waals surface area contributed by atoms with Crippen LogP contribution in [0.2, 0.25) is 0 Å². The summed E-state index contributed by atoms with van der Waals surface area (Å²) in [7, 11) is -3.82. The number of primary sulfonamides is 1. The number of nitrogens with one attached hydrogen (secondary N) is 1. The zero-order valence-corrected chi connectivity index (χ0v) is 17.8. The number of furan rings is 1. The molecule has 4 aromatic rings. The lowest BCUT2D eigenvalue weighted by Crippen LogP contribution is -2.13. The zero-order chi connectivity index (χ0) is 23.2. The van der Waals surface area contributed by atoms with Crippen LogP contribution in [0.15, 0.2) is 67.1 Å². The summed E-state index contributed by atoms with van der Waals surface area (Å²) in [6.45, 7) is 3.07. The van der Waals surface area contributed by atoms with E-state index >= 15 is 0 Å². The van der Waals surface area contributed by atoms with E-state index in [1.165, 1.54) is 31.2 Å². The fraction of sp³-hybridized carbons (Fsp3) is 0.0909. The molecule has 1 amide bonds. The minimum atomic E-state index is -3.82. The van der Waals surface area contributed by atoms with Crippen molar-refractivity contribution in [2.24, 2.45) is 5.14 Å². The number of hydrogen-bond acceptors (Lipinski definition) is 7. The van der Waals surface area contributed by atoms with E-state index in [0.717, 1.165) is 0 Å². The van der Waals surface area contributed by atoms with Gasteiger partial charge in [-0.2, -0.15) is 0 Å². The number of carbonyl (C=O) groups is 1. The summed E-state index contributed by atoms with van der Waals surface area (Å²) in [5.41, 5.74) is 0.974. The first-order valence-corrected chi connectivity index (χ1v) is 10.9. The van der Waals surface area contributed by atoms with Crippen molar-refractivity contribution in [3.05, 3.63) is 75.6 Å². The van der Waals surface area contributed by atoms with E-state index in [-0.39, 0.29) is 27.7 Å². The Labute approximate surface area is 182 Å². The zero-order valence-electron chi connectivity index (χ0n) is 17.0. The summed E-state index contributed by atoms with van der Waals surface area (Å²) in [6.07, 6.45) is 0. The smallest absolute Gasteiger partial charge is 0.343 e. The number of carbonyl (C=O) groups excluding carboxylic acids is 1. The van der Waals surface area contributed by atoms with E-state index < -0.39 is 21.6 Å². The molecule has 0 spiro atoms. The van der Waals surface area contributed by atoms with Crippen LogP contribution in [0.25, 0.3) is 22.5 Å². The second kappa shape index (κ2) is 7.66. The van der Waals surface area contributed by atoms with Crippen LogP contribution in [0.3, 0.4) is 0 Å². The molecule has 10 heteroatoms. The van der Waals surface area contributed by atoms with E-state index in [4.69, 9.17) is 14.0 Å². The molecule has 0 bridgehead atoms. The van der Waals surface area contributed by atoms with Crippen LogP contribution >= 0.6 is 0 Å². The van der Waals surface area contributed by atoms with E-state index in [1.807, 2.05) is 0 Å². The van der Waals surface area contributed by atoms with Crippen molar-refractivity contribution in [2.45, 2.75) is 18.7 Å². The number of sulfonamides is 1. The Hall–Kier alpha value is -3.89. The highest BCUT2D eigenvalue weighted by Crippen LogP contribution is 2.34. The summed E-state index contributed by atoms with van der Waals surface area (Å²) in [5, 5.41) is 18.5. The van der Waals surface area contributed by atoms with Gasteiger partial charge in [-0.05, 0) is 62.4 Å². The molecule has 0 aliphatic carbocycles. The largest absolute Gasteiger partial charge is 0.507 e. The molecule has 9 nitrogen and oxygen atoms in total. The highest BCUT2D eigenvalue weighted by Gasteiger charge is 2.19. The molecule has 0 aliphatic heterocycles. The van der Waals surface area contributed by atoms with Crippen molar-refractivity contribution < 1.29 is 27.2 Å². The van der Waals surface area contributed by atoms with Gasteiger partial charge in [0.15, 0.2) is 11.5 Å². The molecule has 0 aliphatic rings. The first-order chi connectivity index (χ1) is 15.0. The van der Waals surface area contributed by atoms with Gasteiger partial charge in [0, 0.05) is 22.2 Å². The normalized spacial score (nSPS) is 11.6. The van der Waals surface area contributed by atoms with Gasteiger partial charge < -0.3 is 19.3 Å². The molecule has 32 heavy (non-hydrogen) atoms. The molecule has 2 aromatic heterocycles. The van der Waals surface area contributed by atoms with Gasteiger partial charge >= 0.3 is 5.63 Å². The van der Waals surface area contributed by atoms with Crippen molar-refractivity contribution in [1.29, 1.82) is 0 Å². The fourth-order valence-electron chi connectivity index (χ4n) is 3.19. The van der Waals surface area contributed by atoms with Crippen molar-refractivity contribution >= 4 is 32.6 Å². The molecular formula is C22H18N2O7S. The minimum Gasteiger partial charge on any atom is -0.507 e. The van der Waals surface area contributed by atoms with E-state index in [0.29, 0.717) is 27.8 Å². The molecular weight excluding hydrogens is 436 g/mol. The number of anilines is 1. The Balaban J connectivity index is 1.64. The van der Waals surface area contributed by atoms with Gasteiger partial charge in [0.25, 0.3) is 5.91 Å². The van der Waals surface area contributed by atoms with Crippen LogP contribution < -0.4 is 16.1 Å². The van der Waals surface area contributed by atoms with Gasteiger partial charge in [0.2, 0.25) is 10.0 Å². The molecule has 0 saturated heterocycles. The van der Waals surface area contributed by atoms with Crippen LogP contribution in [-0.2, 0) is 10.0 Å². The van der Waals surface area contributed by atoms with Gasteiger partial charge in [-0.1, -0.05) is 0 Å². The van der Waals surface area contributed by atoms with Crippen LogP contribution in [0.4, 0.5) is 5.69 Å². The summed E-state index contributed by atoms with van der Waals surface area (Å²) in [4.78, 5) is 24.5. The molecule has 2 aromatic carbocycles. The molecule has 0 fully saturated rings. The third kappa shape index (κ3) is 3.88. The Morgan fingerprint density at radius 2 is 1.69 bits per heavy atom. The van der Waals surface area contributed by atoms with Crippen LogP contribution in [0, 0.1) is 13.8 Å². The first kappa shape index (κ1) is 21.3. The third-order valence-corrected chi connectivity index (χ3v) is 5.92. The lowest BCUT2D eigenvalue weighted by atomic mass is 10.1. The maximum Gasteiger partial charge on any atom is 0.343 e. The number of rotatable bonds is 4. The number of aromatic hydroxyl groups is 1. The van der Waals surface area contributed by atoms with Gasteiger partial charge in [-0.3, -0.25) is 4.79 Å². The van der Waals surface area contributed by atoms with Gasteiger partial charge in [0.05, 0.1) is 10.5 Å². The average molecular weight is 454 g/mol. The molecule has 164 valence electrons. The Morgan fingerprint density at radius 1 is 1.00 bits per heavy atom. The van der Waals surface area contributed by atoms with Crippen molar-refractivity contribution in [2.75, 3.05) is 5.32 Å². The van der Waals surface area contributed by atoms with Crippen molar-refractivity contribution in [3.8, 4) is 17.3 Å². The summed E-state index contributed by atoms with van der Waals surface area (Å²) in [5.74, 6) is -0.241. The second-order valence-electron chi connectivity index (χ2n) is 7.20. The number of nitrogens with two attached hydrogens (primary N) is 1. The van der Waals surface area contributed by atoms with Gasteiger partial charge in [0.1, 0.15) is 11.3 Å². The first-order valence-electron chi connectivity index (χ1n) is 9.36. The molecule has 0 saturated carbocycles. The topological polar surface area (TPSA) is 153 Å². The Morgan fingerprint density at radius 3 is 2.34 bits per heavy atom. The maximum absolute atomic E-state index is 12.6. The number of amides is 1. The predicted molar refractivity (Wildman–Crippen MR) is 117 cm³/mol. The molecule has 4 rings (SSSR count). The fourth-order valence-corrected chi connectivity index (χ4v) is 3.71. The number of hydrogen-bond donors (Lipinski definition) is 3. The predicted octanol–water partition coefficient (Wildman–Crippen LogP) is 3.28. The highest BCUT2D eigenvalue weighted by atomic mass is 32.2. The Kier molecular flexibility index (Phi) is 5.11. The van der Waals surface area contributed by atoms with Gasteiger partial charge in [-0.15, -0.1) is 0 Å². The average Bonchev–Trinajstić information content (AvgIpc) is 3.17. The standard InChI is InChI=1S/C22H18N2O7S/c1-11-19(25)12(2)22(27)31-20(11)18-10-14-9-13(3-8-17(14)30-18)21(26)24-15-4-6-16(7-5-15)32(23,28)29/h3-10,25H,1-2H3,(H,24,26)(H2,23,28,29). The summed E-state index contributed by atoms with van der Waals surface area (Å²) < 4.78 is 33.7. The quantitative estimate of drug-likeness (QED) is 0.428. The van der Waals surface area contributed by atoms with Crippen molar-refractivity contribution in [3.63, 3.8) is 0 Å². The lowest BCUT2D eigenvalue weighted by Gasteiger charge is -2.06. The van der Waals surface area contributed by atoms with Crippen LogP contribution in [-0.4, -0.2) is 19.4 Å². The van der Waals surface area contributed by atoms with Crippen molar-refractivity contribution in [1.82, 2.24) is 0 Å². The summed E-state index contributed by atoms with van der Waals surface area (Å²) >= 11 is 0. The molecule has 0 radical (unpaired) electrons. The second-order valence-corrected chi connectivity index (χ2v) is 8.77. The van der Waals surface area contributed by atoms with Crippen LogP contribution in [0.5, 0.6) is 5.75 Å².